The van der Waals surface area contributed by atoms with E-state index in [-0.39, 0.29) is 11.4 Å². The third-order valence-electron chi connectivity index (χ3n) is 2.79. The minimum Gasteiger partial charge on any atom is -0.341 e. The summed E-state index contributed by atoms with van der Waals surface area (Å²) in [5.74, 6) is 0. The first-order valence-corrected chi connectivity index (χ1v) is 5.89. The van der Waals surface area contributed by atoms with Crippen molar-refractivity contribution in [1.82, 2.24) is 10.6 Å². The van der Waals surface area contributed by atoms with Gasteiger partial charge in [0, 0.05) is 19.0 Å². The summed E-state index contributed by atoms with van der Waals surface area (Å²) in [7, 11) is 1.61. The standard InChI is InChI=1S/C14H24N2O/c1-6-9-12(14(3,4)7-2)10-8-11-16-13(17)15-5/h6-7,9H,1-2,8,10-11H2,3-5H3,(H2,15,16,17)/b12-9+. The molecule has 0 unspecified atom stereocenters. The summed E-state index contributed by atoms with van der Waals surface area (Å²) in [6.45, 7) is 12.5. The van der Waals surface area contributed by atoms with Gasteiger partial charge in [-0.1, -0.05) is 44.2 Å². The normalized spacial score (nSPS) is 11.8. The second-order valence-electron chi connectivity index (χ2n) is 4.46. The van der Waals surface area contributed by atoms with Crippen molar-refractivity contribution in [3.8, 4) is 0 Å². The summed E-state index contributed by atoms with van der Waals surface area (Å²) >= 11 is 0. The van der Waals surface area contributed by atoms with Crippen LogP contribution in [0, 0.1) is 5.41 Å². The minimum atomic E-state index is -0.137. The molecule has 0 heterocycles. The Kier molecular flexibility index (Phi) is 7.03. The highest BCUT2D eigenvalue weighted by atomic mass is 16.2. The Morgan fingerprint density at radius 3 is 2.47 bits per heavy atom. The number of amides is 2. The largest absolute Gasteiger partial charge is 0.341 e. The molecule has 0 rings (SSSR count). The van der Waals surface area contributed by atoms with Crippen LogP contribution in [-0.2, 0) is 0 Å². The molecule has 17 heavy (non-hydrogen) atoms. The number of hydrogen-bond donors (Lipinski definition) is 2. The highest BCUT2D eigenvalue weighted by Crippen LogP contribution is 2.30. The lowest BCUT2D eigenvalue weighted by molar-refractivity contribution is 0.242. The Hall–Kier alpha value is -1.51. The quantitative estimate of drug-likeness (QED) is 0.398. The Morgan fingerprint density at radius 1 is 1.35 bits per heavy atom. The molecule has 3 nitrogen and oxygen atoms in total. The second-order valence-corrected chi connectivity index (χ2v) is 4.46. The van der Waals surface area contributed by atoms with E-state index in [4.69, 9.17) is 0 Å². The van der Waals surface area contributed by atoms with Gasteiger partial charge in [0.25, 0.3) is 0 Å². The molecule has 0 spiro atoms. The third kappa shape index (κ3) is 5.95. The van der Waals surface area contributed by atoms with Crippen molar-refractivity contribution < 1.29 is 4.79 Å². The summed E-state index contributed by atoms with van der Waals surface area (Å²) in [6, 6.07) is -0.137. The lowest BCUT2D eigenvalue weighted by atomic mass is 9.81. The SMILES string of the molecule is C=C/C=C(\CCCNC(=O)NC)C(C)(C)C=C. The molecule has 0 aromatic rings. The van der Waals surface area contributed by atoms with Crippen LogP contribution in [0.4, 0.5) is 4.79 Å². The van der Waals surface area contributed by atoms with Crippen LogP contribution in [0.25, 0.3) is 0 Å². The first-order valence-electron chi connectivity index (χ1n) is 5.89. The maximum absolute atomic E-state index is 11.0. The van der Waals surface area contributed by atoms with E-state index >= 15 is 0 Å². The van der Waals surface area contributed by atoms with E-state index in [0.29, 0.717) is 6.54 Å². The van der Waals surface area contributed by atoms with Gasteiger partial charge in [-0.15, -0.1) is 6.58 Å². The lowest BCUT2D eigenvalue weighted by Gasteiger charge is -2.24. The van der Waals surface area contributed by atoms with Crippen molar-refractivity contribution in [3.05, 3.63) is 37.0 Å². The van der Waals surface area contributed by atoms with Gasteiger partial charge < -0.3 is 10.6 Å². The summed E-state index contributed by atoms with van der Waals surface area (Å²) in [6.07, 6.45) is 7.60. The number of allylic oxidation sites excluding steroid dienone is 4. The van der Waals surface area contributed by atoms with Crippen LogP contribution in [0.3, 0.4) is 0 Å². The van der Waals surface area contributed by atoms with Crippen LogP contribution >= 0.6 is 0 Å². The van der Waals surface area contributed by atoms with Crippen molar-refractivity contribution in [1.29, 1.82) is 0 Å². The predicted octanol–water partition coefficient (Wildman–Crippen LogP) is 3.02. The molecule has 2 N–H and O–H groups in total. The molecule has 0 atom stereocenters. The molecular weight excluding hydrogens is 212 g/mol. The molecule has 0 aromatic heterocycles. The van der Waals surface area contributed by atoms with Crippen molar-refractivity contribution >= 4 is 6.03 Å². The van der Waals surface area contributed by atoms with Gasteiger partial charge in [0.2, 0.25) is 0 Å². The van der Waals surface area contributed by atoms with Gasteiger partial charge in [0.15, 0.2) is 0 Å². The minimum absolute atomic E-state index is 0.0266. The fourth-order valence-corrected chi connectivity index (χ4v) is 1.46. The molecule has 0 bridgehead atoms. The van der Waals surface area contributed by atoms with E-state index in [2.05, 4.69) is 37.6 Å². The number of nitrogens with one attached hydrogen (secondary N) is 2. The Morgan fingerprint density at radius 2 is 2.00 bits per heavy atom. The second kappa shape index (κ2) is 7.71. The highest BCUT2D eigenvalue weighted by Gasteiger charge is 2.17. The molecule has 0 fully saturated rings. The van der Waals surface area contributed by atoms with Crippen molar-refractivity contribution in [2.24, 2.45) is 5.41 Å². The molecule has 0 saturated carbocycles. The smallest absolute Gasteiger partial charge is 0.314 e. The van der Waals surface area contributed by atoms with Crippen LogP contribution in [0.1, 0.15) is 26.7 Å². The van der Waals surface area contributed by atoms with E-state index in [9.17, 15) is 4.79 Å². The lowest BCUT2D eigenvalue weighted by Crippen LogP contribution is -2.33. The topological polar surface area (TPSA) is 41.1 Å². The Labute approximate surface area is 105 Å². The molecule has 0 aliphatic heterocycles. The van der Waals surface area contributed by atoms with Crippen molar-refractivity contribution in [2.75, 3.05) is 13.6 Å². The van der Waals surface area contributed by atoms with Gasteiger partial charge in [0.05, 0.1) is 0 Å². The van der Waals surface area contributed by atoms with E-state index < -0.39 is 0 Å². The van der Waals surface area contributed by atoms with E-state index in [1.165, 1.54) is 5.57 Å². The van der Waals surface area contributed by atoms with Gasteiger partial charge in [-0.3, -0.25) is 0 Å². The monoisotopic (exact) mass is 236 g/mol. The molecule has 0 aliphatic rings. The van der Waals surface area contributed by atoms with Crippen LogP contribution < -0.4 is 10.6 Å². The average Bonchev–Trinajstić information content (AvgIpc) is 2.32. The van der Waals surface area contributed by atoms with E-state index in [1.807, 2.05) is 12.2 Å². The number of carbonyl (C=O) groups excluding carboxylic acids is 1. The van der Waals surface area contributed by atoms with Gasteiger partial charge in [-0.05, 0) is 12.8 Å². The molecule has 0 aliphatic carbocycles. The molecule has 3 heteroatoms. The van der Waals surface area contributed by atoms with Gasteiger partial charge in [-0.25, -0.2) is 4.79 Å². The molecule has 0 saturated heterocycles. The third-order valence-corrected chi connectivity index (χ3v) is 2.79. The van der Waals surface area contributed by atoms with Crippen LogP contribution in [0.2, 0.25) is 0 Å². The van der Waals surface area contributed by atoms with Gasteiger partial charge in [0.1, 0.15) is 0 Å². The van der Waals surface area contributed by atoms with Crippen molar-refractivity contribution in [2.45, 2.75) is 26.7 Å². The molecule has 2 amide bonds. The molecule has 96 valence electrons. The first kappa shape index (κ1) is 15.5. The van der Waals surface area contributed by atoms with Crippen molar-refractivity contribution in [3.63, 3.8) is 0 Å². The number of hydrogen-bond acceptors (Lipinski definition) is 1. The fourth-order valence-electron chi connectivity index (χ4n) is 1.46. The summed E-state index contributed by atoms with van der Waals surface area (Å²) in [5.41, 5.74) is 1.25. The zero-order chi connectivity index (χ0) is 13.3. The summed E-state index contributed by atoms with van der Waals surface area (Å²) in [4.78, 5) is 11.0. The maximum Gasteiger partial charge on any atom is 0.314 e. The van der Waals surface area contributed by atoms with Gasteiger partial charge >= 0.3 is 6.03 Å². The number of urea groups is 1. The zero-order valence-electron chi connectivity index (χ0n) is 11.2. The number of carbonyl (C=O) groups is 1. The molecule has 0 aromatic carbocycles. The van der Waals surface area contributed by atoms with E-state index in [0.717, 1.165) is 12.8 Å². The van der Waals surface area contributed by atoms with E-state index in [1.54, 1.807) is 13.1 Å². The molecule has 0 radical (unpaired) electrons. The average molecular weight is 236 g/mol. The predicted molar refractivity (Wildman–Crippen MR) is 74.0 cm³/mol. The number of rotatable bonds is 7. The summed E-state index contributed by atoms with van der Waals surface area (Å²) < 4.78 is 0. The maximum atomic E-state index is 11.0. The van der Waals surface area contributed by atoms with Gasteiger partial charge in [-0.2, -0.15) is 0 Å². The first-order chi connectivity index (χ1) is 7.97. The highest BCUT2D eigenvalue weighted by molar-refractivity contribution is 5.73. The summed E-state index contributed by atoms with van der Waals surface area (Å²) in [5, 5.41) is 5.29. The zero-order valence-corrected chi connectivity index (χ0v) is 11.2. The Bertz CT molecular complexity index is 303. The van der Waals surface area contributed by atoms with Crippen LogP contribution in [-0.4, -0.2) is 19.6 Å². The van der Waals surface area contributed by atoms with Crippen LogP contribution in [0.5, 0.6) is 0 Å². The Balaban J connectivity index is 4.22. The fraction of sp³-hybridized carbons (Fsp3) is 0.500. The molecular formula is C14H24N2O. The van der Waals surface area contributed by atoms with Crippen LogP contribution in [0.15, 0.2) is 37.0 Å².